The van der Waals surface area contributed by atoms with Crippen LogP contribution in [0.4, 0.5) is 0 Å². The Balaban J connectivity index is 3.66. The minimum absolute atomic E-state index is 0.0268. The van der Waals surface area contributed by atoms with E-state index in [2.05, 4.69) is 41.5 Å². The van der Waals surface area contributed by atoms with Crippen LogP contribution < -0.4 is 10.0 Å². The second-order valence-corrected chi connectivity index (χ2v) is 7.49. The summed E-state index contributed by atoms with van der Waals surface area (Å²) in [7, 11) is 1.28. The number of hydrogen-bond acceptors (Lipinski definition) is 2. The Bertz CT molecular complexity index is 416. The fourth-order valence-electron chi connectivity index (χ4n) is 2.02. The van der Waals surface area contributed by atoms with Gasteiger partial charge in [0, 0.05) is 11.1 Å². The van der Waals surface area contributed by atoms with Crippen LogP contribution in [0.3, 0.4) is 0 Å². The van der Waals surface area contributed by atoms with Gasteiger partial charge in [-0.1, -0.05) is 46.1 Å². The first-order valence-corrected chi connectivity index (χ1v) is 7.13. The molecule has 0 aliphatic carbocycles. The molecule has 0 aromatic heterocycles. The number of methoxy groups -OCH3 is 1. The third-order valence-electron chi connectivity index (χ3n) is 3.03. The minimum Gasteiger partial charge on any atom is -0.496 e. The lowest BCUT2D eigenvalue weighted by Crippen LogP contribution is -2.21. The average molecular weight is 267 g/mol. The normalized spacial score (nSPS) is 12.8. The molecule has 0 aliphatic heterocycles. The van der Waals surface area contributed by atoms with Crippen LogP contribution in [0.25, 0.3) is 0 Å². The van der Waals surface area contributed by atoms with Gasteiger partial charge in [0.25, 0.3) is 0 Å². The molecule has 2 nitrogen and oxygen atoms in total. The molecule has 0 amide bonds. The molecule has 1 rings (SSSR count). The molecular weight excluding hydrogens is 243 g/mol. The smallest absolute Gasteiger partial charge is 0.363 e. The Labute approximate surface area is 112 Å². The zero-order chi connectivity index (χ0) is 14.1. The molecule has 0 saturated heterocycles. The highest BCUT2D eigenvalue weighted by atomic mass is 31.1. The van der Waals surface area contributed by atoms with Crippen molar-refractivity contribution < 1.29 is 9.30 Å². The molecule has 0 fully saturated rings. The molecule has 1 atom stereocenters. The molecule has 0 radical (unpaired) electrons. The maximum atomic E-state index is 11.3. The Morgan fingerprint density at radius 1 is 0.944 bits per heavy atom. The highest BCUT2D eigenvalue weighted by Gasteiger charge is 2.28. The monoisotopic (exact) mass is 267 g/mol. The van der Waals surface area contributed by atoms with E-state index in [4.69, 9.17) is 4.74 Å². The van der Waals surface area contributed by atoms with Crippen LogP contribution in [-0.2, 0) is 15.4 Å². The van der Waals surface area contributed by atoms with E-state index >= 15 is 0 Å². The van der Waals surface area contributed by atoms with Gasteiger partial charge in [0.05, 0.1) is 7.11 Å². The number of ether oxygens (including phenoxy) is 1. The van der Waals surface area contributed by atoms with Crippen molar-refractivity contribution in [2.45, 2.75) is 52.4 Å². The first kappa shape index (κ1) is 15.2. The summed E-state index contributed by atoms with van der Waals surface area (Å²) in [5.74, 6) is 0.928. The van der Waals surface area contributed by atoms with Crippen molar-refractivity contribution in [2.75, 3.05) is 7.11 Å². The second-order valence-electron chi connectivity index (χ2n) is 6.71. The molecule has 0 heterocycles. The van der Waals surface area contributed by atoms with E-state index in [-0.39, 0.29) is 10.8 Å². The van der Waals surface area contributed by atoms with Gasteiger partial charge in [-0.2, -0.15) is 0 Å². The van der Waals surface area contributed by atoms with Gasteiger partial charge in [0.15, 0.2) is 5.30 Å². The Morgan fingerprint density at radius 2 is 1.33 bits per heavy atom. The Kier molecular flexibility index (Phi) is 4.23. The van der Waals surface area contributed by atoms with Gasteiger partial charge >= 0.3 is 8.46 Å². The van der Waals surface area contributed by atoms with Crippen molar-refractivity contribution in [1.82, 2.24) is 0 Å². The van der Waals surface area contributed by atoms with Crippen LogP contribution in [0.1, 0.15) is 52.7 Å². The fraction of sp³-hybridized carbons (Fsp3) is 0.600. The van der Waals surface area contributed by atoms with E-state index in [0.29, 0.717) is 0 Å². The van der Waals surface area contributed by atoms with E-state index in [1.165, 1.54) is 0 Å². The van der Waals surface area contributed by atoms with Crippen molar-refractivity contribution in [3.63, 3.8) is 0 Å². The summed E-state index contributed by atoms with van der Waals surface area (Å²) in [6.45, 7) is 12.9. The quantitative estimate of drug-likeness (QED) is 0.759. The highest BCUT2D eigenvalue weighted by molar-refractivity contribution is 7.34. The van der Waals surface area contributed by atoms with Crippen molar-refractivity contribution in [1.29, 1.82) is 0 Å². The summed E-state index contributed by atoms with van der Waals surface area (Å²) in [5, 5.41) is 0.866. The molecule has 0 aliphatic rings. The van der Waals surface area contributed by atoms with E-state index in [1.54, 1.807) is 7.11 Å². The van der Waals surface area contributed by atoms with Crippen molar-refractivity contribution in [2.24, 2.45) is 0 Å². The van der Waals surface area contributed by atoms with Crippen molar-refractivity contribution in [3.8, 4) is 5.75 Å². The SMILES string of the molecule is COc1c(C(C)(C)C)cc([PH+]=O)cc1C(C)(C)C. The van der Waals surface area contributed by atoms with Crippen LogP contribution in [0, 0.1) is 0 Å². The third kappa shape index (κ3) is 3.11. The summed E-state index contributed by atoms with van der Waals surface area (Å²) < 4.78 is 16.9. The van der Waals surface area contributed by atoms with Crippen LogP contribution in [0.2, 0.25) is 0 Å². The highest BCUT2D eigenvalue weighted by Crippen LogP contribution is 2.39. The predicted molar refractivity (Wildman–Crippen MR) is 79.0 cm³/mol. The number of rotatable bonds is 2. The van der Waals surface area contributed by atoms with Crippen molar-refractivity contribution in [3.05, 3.63) is 23.3 Å². The lowest BCUT2D eigenvalue weighted by Gasteiger charge is -2.28. The summed E-state index contributed by atoms with van der Waals surface area (Å²) in [4.78, 5) is 0. The number of benzene rings is 1. The maximum Gasteiger partial charge on any atom is 0.363 e. The van der Waals surface area contributed by atoms with Crippen molar-refractivity contribution >= 4 is 13.8 Å². The molecule has 0 bridgehead atoms. The molecular formula is C15H24O2P+. The van der Waals surface area contributed by atoms with E-state index in [9.17, 15) is 4.57 Å². The molecule has 1 unspecified atom stereocenters. The standard InChI is InChI=1S/C15H23O2P/c1-14(2,3)11-8-10(18-16)9-12(13(11)17-7)15(4,5)6/h8-9H,1-7H3/p+1. The van der Waals surface area contributed by atoms with Gasteiger partial charge in [-0.05, 0) is 23.0 Å². The molecule has 0 N–H and O–H groups in total. The largest absolute Gasteiger partial charge is 0.496 e. The summed E-state index contributed by atoms with van der Waals surface area (Å²) in [6, 6.07) is 4.00. The molecule has 3 heteroatoms. The molecule has 100 valence electrons. The van der Waals surface area contributed by atoms with Gasteiger partial charge in [-0.3, -0.25) is 0 Å². The van der Waals surface area contributed by atoms with Gasteiger partial charge in [0.1, 0.15) is 5.75 Å². The fourth-order valence-corrected chi connectivity index (χ4v) is 2.43. The van der Waals surface area contributed by atoms with Crippen LogP contribution >= 0.6 is 8.46 Å². The summed E-state index contributed by atoms with van der Waals surface area (Å²) in [6.07, 6.45) is 0. The molecule has 0 saturated carbocycles. The Hall–Kier alpha value is -0.880. The van der Waals surface area contributed by atoms with Gasteiger partial charge in [-0.25, -0.2) is 0 Å². The van der Waals surface area contributed by atoms with Gasteiger partial charge < -0.3 is 4.74 Å². The second kappa shape index (κ2) is 5.01. The van der Waals surface area contributed by atoms with Gasteiger partial charge in [0.2, 0.25) is 0 Å². The average Bonchev–Trinajstić information content (AvgIpc) is 2.24. The van der Waals surface area contributed by atoms with Crippen LogP contribution in [0.5, 0.6) is 5.75 Å². The first-order valence-electron chi connectivity index (χ1n) is 6.22. The van der Waals surface area contributed by atoms with Crippen LogP contribution in [0.15, 0.2) is 12.1 Å². The third-order valence-corrected chi connectivity index (χ3v) is 3.55. The molecule has 1 aromatic rings. The minimum atomic E-state index is -0.427. The summed E-state index contributed by atoms with van der Waals surface area (Å²) in [5.41, 5.74) is 2.19. The molecule has 1 aromatic carbocycles. The molecule has 0 spiro atoms. The van der Waals surface area contributed by atoms with E-state index in [1.807, 2.05) is 12.1 Å². The van der Waals surface area contributed by atoms with E-state index < -0.39 is 8.46 Å². The number of hydrogen-bond donors (Lipinski definition) is 0. The zero-order valence-corrected chi connectivity index (χ0v) is 13.5. The zero-order valence-electron chi connectivity index (χ0n) is 12.5. The lowest BCUT2D eigenvalue weighted by atomic mass is 9.79. The van der Waals surface area contributed by atoms with Crippen LogP contribution in [-0.4, -0.2) is 7.11 Å². The Morgan fingerprint density at radius 3 is 1.56 bits per heavy atom. The maximum absolute atomic E-state index is 11.3. The molecule has 18 heavy (non-hydrogen) atoms. The lowest BCUT2D eigenvalue weighted by molar-refractivity contribution is 0.382. The summed E-state index contributed by atoms with van der Waals surface area (Å²) >= 11 is 0. The predicted octanol–water partition coefficient (Wildman–Crippen LogP) is 3.94. The van der Waals surface area contributed by atoms with Gasteiger partial charge in [-0.15, -0.1) is 0 Å². The van der Waals surface area contributed by atoms with E-state index in [0.717, 1.165) is 22.2 Å². The first-order chi connectivity index (χ1) is 8.11. The topological polar surface area (TPSA) is 26.3 Å².